The molecule has 0 amide bonds. The normalized spacial score (nSPS) is 17.3. The standard InChI is InChI=1S/C8H8BrN/c9-10-5-7-3-1-2-4-8(7)6-10/h1-4H,5-6H2. The van der Waals surface area contributed by atoms with Crippen molar-refractivity contribution in [3.8, 4) is 0 Å². The van der Waals surface area contributed by atoms with E-state index in [9.17, 15) is 0 Å². The molecule has 1 aromatic carbocycles. The van der Waals surface area contributed by atoms with Gasteiger partial charge in [-0.3, -0.25) is 0 Å². The third-order valence-corrected chi connectivity index (χ3v) is 2.30. The molecule has 52 valence electrons. The van der Waals surface area contributed by atoms with Crippen molar-refractivity contribution in [2.75, 3.05) is 0 Å². The predicted molar refractivity (Wildman–Crippen MR) is 44.6 cm³/mol. The SMILES string of the molecule is BrN1Cc2ccccc2C1. The van der Waals surface area contributed by atoms with E-state index >= 15 is 0 Å². The fraction of sp³-hybridized carbons (Fsp3) is 0.250. The van der Waals surface area contributed by atoms with Crippen molar-refractivity contribution < 1.29 is 0 Å². The smallest absolute Gasteiger partial charge is 0.0350 e. The van der Waals surface area contributed by atoms with E-state index in [-0.39, 0.29) is 0 Å². The quantitative estimate of drug-likeness (QED) is 0.578. The molecule has 1 nitrogen and oxygen atoms in total. The van der Waals surface area contributed by atoms with Crippen molar-refractivity contribution in [1.82, 2.24) is 3.93 Å². The molecule has 0 saturated heterocycles. The van der Waals surface area contributed by atoms with E-state index in [1.165, 1.54) is 11.1 Å². The Morgan fingerprint density at radius 2 is 1.60 bits per heavy atom. The van der Waals surface area contributed by atoms with Crippen LogP contribution in [0.15, 0.2) is 24.3 Å². The molecule has 1 aliphatic rings. The second-order valence-electron chi connectivity index (χ2n) is 2.55. The van der Waals surface area contributed by atoms with Crippen LogP contribution in [-0.2, 0) is 13.1 Å². The monoisotopic (exact) mass is 197 g/mol. The van der Waals surface area contributed by atoms with Gasteiger partial charge in [0.25, 0.3) is 0 Å². The molecule has 0 saturated carbocycles. The maximum atomic E-state index is 3.45. The van der Waals surface area contributed by atoms with Crippen molar-refractivity contribution in [3.05, 3.63) is 35.4 Å². The summed E-state index contributed by atoms with van der Waals surface area (Å²) < 4.78 is 2.14. The van der Waals surface area contributed by atoms with E-state index in [4.69, 9.17) is 0 Å². The average Bonchev–Trinajstić information content (AvgIpc) is 2.27. The molecule has 0 fully saturated rings. The van der Waals surface area contributed by atoms with Crippen molar-refractivity contribution in [1.29, 1.82) is 0 Å². The van der Waals surface area contributed by atoms with E-state index in [0.717, 1.165) is 13.1 Å². The van der Waals surface area contributed by atoms with Gasteiger partial charge in [0.1, 0.15) is 0 Å². The van der Waals surface area contributed by atoms with Crippen LogP contribution in [0.2, 0.25) is 0 Å². The van der Waals surface area contributed by atoms with Gasteiger partial charge >= 0.3 is 0 Å². The van der Waals surface area contributed by atoms with Crippen LogP contribution in [0, 0.1) is 0 Å². The molecule has 0 N–H and O–H groups in total. The van der Waals surface area contributed by atoms with E-state index < -0.39 is 0 Å². The fourth-order valence-corrected chi connectivity index (χ4v) is 1.83. The van der Waals surface area contributed by atoms with Gasteiger partial charge in [0.15, 0.2) is 0 Å². The maximum Gasteiger partial charge on any atom is 0.0350 e. The molecule has 0 aromatic heterocycles. The lowest BCUT2D eigenvalue weighted by Crippen LogP contribution is -1.97. The molecule has 1 aromatic rings. The topological polar surface area (TPSA) is 3.24 Å². The Morgan fingerprint density at radius 1 is 1.10 bits per heavy atom. The Hall–Kier alpha value is -0.340. The van der Waals surface area contributed by atoms with Crippen LogP contribution in [0.1, 0.15) is 11.1 Å². The van der Waals surface area contributed by atoms with E-state index in [2.05, 4.69) is 44.3 Å². The van der Waals surface area contributed by atoms with Gasteiger partial charge in [0, 0.05) is 29.2 Å². The van der Waals surface area contributed by atoms with Gasteiger partial charge in [-0.1, -0.05) is 24.3 Å². The van der Waals surface area contributed by atoms with Gasteiger partial charge in [-0.15, -0.1) is 0 Å². The summed E-state index contributed by atoms with van der Waals surface area (Å²) in [4.78, 5) is 0. The Morgan fingerprint density at radius 3 is 2.10 bits per heavy atom. The summed E-state index contributed by atoms with van der Waals surface area (Å²) in [7, 11) is 0. The summed E-state index contributed by atoms with van der Waals surface area (Å²) in [5.41, 5.74) is 2.89. The molecule has 0 spiro atoms. The Labute approximate surface area is 69.0 Å². The largest absolute Gasteiger partial charge is 0.234 e. The minimum absolute atomic E-state index is 1.04. The second kappa shape index (κ2) is 2.36. The highest BCUT2D eigenvalue weighted by atomic mass is 79.9. The first kappa shape index (κ1) is 6.38. The Kier molecular flexibility index (Phi) is 1.51. The van der Waals surface area contributed by atoms with Crippen molar-refractivity contribution in [2.45, 2.75) is 13.1 Å². The summed E-state index contributed by atoms with van der Waals surface area (Å²) in [6, 6.07) is 8.53. The zero-order valence-electron chi connectivity index (χ0n) is 5.55. The molecule has 0 aliphatic carbocycles. The maximum absolute atomic E-state index is 3.45. The Bertz CT molecular complexity index is 222. The van der Waals surface area contributed by atoms with Gasteiger partial charge < -0.3 is 0 Å². The number of hydrogen-bond donors (Lipinski definition) is 0. The number of nitrogens with zero attached hydrogens (tertiary/aromatic N) is 1. The lowest BCUT2D eigenvalue weighted by atomic mass is 10.1. The zero-order valence-corrected chi connectivity index (χ0v) is 7.13. The molecule has 0 atom stereocenters. The minimum Gasteiger partial charge on any atom is -0.234 e. The van der Waals surface area contributed by atoms with E-state index in [1.807, 2.05) is 0 Å². The Balaban J connectivity index is 2.42. The zero-order chi connectivity index (χ0) is 6.97. The minimum atomic E-state index is 1.04. The predicted octanol–water partition coefficient (Wildman–Crippen LogP) is 2.31. The summed E-state index contributed by atoms with van der Waals surface area (Å²) >= 11 is 3.45. The van der Waals surface area contributed by atoms with Crippen LogP contribution in [0.25, 0.3) is 0 Å². The first-order chi connectivity index (χ1) is 4.86. The summed E-state index contributed by atoms with van der Waals surface area (Å²) in [6.07, 6.45) is 0. The first-order valence-electron chi connectivity index (χ1n) is 3.34. The van der Waals surface area contributed by atoms with Crippen LogP contribution < -0.4 is 0 Å². The first-order valence-corrected chi connectivity index (χ1v) is 4.05. The van der Waals surface area contributed by atoms with Gasteiger partial charge in [-0.2, -0.15) is 0 Å². The molecule has 1 aliphatic heterocycles. The highest BCUT2D eigenvalue weighted by Crippen LogP contribution is 2.23. The second-order valence-corrected chi connectivity index (χ2v) is 3.55. The highest BCUT2D eigenvalue weighted by molar-refractivity contribution is 9.07. The molecule has 0 unspecified atom stereocenters. The fourth-order valence-electron chi connectivity index (χ4n) is 1.29. The van der Waals surface area contributed by atoms with Gasteiger partial charge in [0.05, 0.1) is 0 Å². The molecular formula is C8H8BrN. The van der Waals surface area contributed by atoms with E-state index in [1.54, 1.807) is 0 Å². The van der Waals surface area contributed by atoms with Crippen LogP contribution in [0.5, 0.6) is 0 Å². The summed E-state index contributed by atoms with van der Waals surface area (Å²) in [5.74, 6) is 0. The van der Waals surface area contributed by atoms with Crippen molar-refractivity contribution >= 4 is 16.1 Å². The summed E-state index contributed by atoms with van der Waals surface area (Å²) in [5, 5.41) is 0. The van der Waals surface area contributed by atoms with Gasteiger partial charge in [0.2, 0.25) is 0 Å². The van der Waals surface area contributed by atoms with Crippen LogP contribution >= 0.6 is 16.1 Å². The molecule has 10 heavy (non-hydrogen) atoms. The average molecular weight is 198 g/mol. The summed E-state index contributed by atoms with van der Waals surface area (Å²) in [6.45, 7) is 2.08. The third-order valence-electron chi connectivity index (χ3n) is 1.80. The molecule has 2 heteroatoms. The van der Waals surface area contributed by atoms with E-state index in [0.29, 0.717) is 0 Å². The lowest BCUT2D eigenvalue weighted by Gasteiger charge is -1.98. The van der Waals surface area contributed by atoms with Gasteiger partial charge in [-0.05, 0) is 11.1 Å². The highest BCUT2D eigenvalue weighted by Gasteiger charge is 2.14. The number of hydrogen-bond acceptors (Lipinski definition) is 1. The lowest BCUT2D eigenvalue weighted by molar-refractivity contribution is 0.529. The number of halogens is 1. The van der Waals surface area contributed by atoms with Crippen LogP contribution in [0.4, 0.5) is 0 Å². The van der Waals surface area contributed by atoms with Gasteiger partial charge in [-0.25, -0.2) is 3.93 Å². The molecule has 2 rings (SSSR count). The van der Waals surface area contributed by atoms with Crippen LogP contribution in [0.3, 0.4) is 0 Å². The van der Waals surface area contributed by atoms with Crippen molar-refractivity contribution in [3.63, 3.8) is 0 Å². The molecule has 0 bridgehead atoms. The molecular weight excluding hydrogens is 190 g/mol. The van der Waals surface area contributed by atoms with Crippen molar-refractivity contribution in [2.24, 2.45) is 0 Å². The molecule has 1 heterocycles. The number of benzene rings is 1. The molecule has 0 radical (unpaired) electrons. The number of rotatable bonds is 0. The number of fused-ring (bicyclic) bond motifs is 1. The van der Waals surface area contributed by atoms with Crippen LogP contribution in [-0.4, -0.2) is 3.93 Å². The third kappa shape index (κ3) is 0.976.